The molecule has 0 aromatic carbocycles. The largest absolute Gasteiger partial charge is 0.370 e. The summed E-state index contributed by atoms with van der Waals surface area (Å²) in [7, 11) is 0. The quantitative estimate of drug-likeness (QED) is 0.552. The monoisotopic (exact) mass is 250 g/mol. The third-order valence-corrected chi connectivity index (χ3v) is 2.51. The fourth-order valence-electron chi connectivity index (χ4n) is 1.03. The van der Waals surface area contributed by atoms with Crippen molar-refractivity contribution < 1.29 is 4.74 Å². The Morgan fingerprint density at radius 3 is 2.33 bits per heavy atom. The molecule has 2 atom stereocenters. The van der Waals surface area contributed by atoms with Gasteiger partial charge in [-0.3, -0.25) is 0 Å². The maximum atomic E-state index is 5.96. The Morgan fingerprint density at radius 2 is 2.00 bits per heavy atom. The lowest BCUT2D eigenvalue weighted by Gasteiger charge is -2.16. The van der Waals surface area contributed by atoms with Crippen LogP contribution in [0.5, 0.6) is 0 Å². The molecule has 0 saturated carbocycles. The van der Waals surface area contributed by atoms with Crippen LogP contribution in [-0.4, -0.2) is 21.4 Å². The van der Waals surface area contributed by atoms with Crippen LogP contribution in [0, 0.1) is 0 Å². The van der Waals surface area contributed by atoms with Gasteiger partial charge in [-0.1, -0.05) is 34.8 Å². The Balaban J connectivity index is 2.24. The molecule has 0 radical (unpaired) electrons. The van der Waals surface area contributed by atoms with Crippen LogP contribution in [0.15, 0.2) is 0 Å². The zero-order valence-corrected chi connectivity index (χ0v) is 9.64. The molecular formula is C7H10Cl4O. The van der Waals surface area contributed by atoms with Crippen LogP contribution in [0.4, 0.5) is 0 Å². The van der Waals surface area contributed by atoms with Crippen LogP contribution < -0.4 is 0 Å². The van der Waals surface area contributed by atoms with Crippen molar-refractivity contribution >= 4 is 46.4 Å². The maximum Gasteiger partial charge on any atom is 0.192 e. The predicted molar refractivity (Wildman–Crippen MR) is 53.5 cm³/mol. The Hall–Kier alpha value is 1.12. The summed E-state index contributed by atoms with van der Waals surface area (Å²) in [5.41, 5.74) is -0.0671. The van der Waals surface area contributed by atoms with E-state index in [0.29, 0.717) is 6.42 Å². The van der Waals surface area contributed by atoms with Gasteiger partial charge in [-0.2, -0.15) is 0 Å². The minimum absolute atomic E-state index is 0.0671. The van der Waals surface area contributed by atoms with E-state index in [0.717, 1.165) is 13.0 Å². The van der Waals surface area contributed by atoms with Gasteiger partial charge in [-0.25, -0.2) is 0 Å². The van der Waals surface area contributed by atoms with E-state index in [1.807, 2.05) is 6.92 Å². The number of rotatable bonds is 3. The van der Waals surface area contributed by atoms with Crippen LogP contribution in [0.3, 0.4) is 0 Å². The second-order valence-corrected chi connectivity index (χ2v) is 6.49. The van der Waals surface area contributed by atoms with Crippen molar-refractivity contribution in [3.63, 3.8) is 0 Å². The normalized spacial score (nSPS) is 31.8. The highest BCUT2D eigenvalue weighted by atomic mass is 35.6. The van der Waals surface area contributed by atoms with Crippen LogP contribution in [-0.2, 0) is 4.74 Å². The molecule has 5 heteroatoms. The van der Waals surface area contributed by atoms with Crippen LogP contribution in [0.2, 0.25) is 0 Å². The topological polar surface area (TPSA) is 12.5 Å². The van der Waals surface area contributed by atoms with Crippen molar-refractivity contribution in [1.82, 2.24) is 0 Å². The Morgan fingerprint density at radius 1 is 1.50 bits per heavy atom. The summed E-state index contributed by atoms with van der Waals surface area (Å²) < 4.78 is 3.92. The van der Waals surface area contributed by atoms with Crippen LogP contribution >= 0.6 is 46.4 Å². The van der Waals surface area contributed by atoms with Crippen molar-refractivity contribution in [2.45, 2.75) is 34.5 Å². The number of hydrogen-bond donors (Lipinski definition) is 0. The van der Waals surface area contributed by atoms with Crippen LogP contribution in [0.1, 0.15) is 19.8 Å². The van der Waals surface area contributed by atoms with E-state index in [2.05, 4.69) is 0 Å². The maximum absolute atomic E-state index is 5.96. The van der Waals surface area contributed by atoms with E-state index >= 15 is 0 Å². The fourth-order valence-corrected chi connectivity index (χ4v) is 2.39. The van der Waals surface area contributed by atoms with Gasteiger partial charge in [0.25, 0.3) is 0 Å². The molecule has 1 aliphatic rings. The molecule has 1 nitrogen and oxygen atoms in total. The lowest BCUT2D eigenvalue weighted by molar-refractivity contribution is 0.304. The summed E-state index contributed by atoms with van der Waals surface area (Å²) in [5, 5.41) is -0.134. The minimum atomic E-state index is -1.25. The van der Waals surface area contributed by atoms with Gasteiger partial charge in [0.1, 0.15) is 0 Å². The third-order valence-electron chi connectivity index (χ3n) is 1.74. The summed E-state index contributed by atoms with van der Waals surface area (Å²) in [6.07, 6.45) is 1.10. The van der Waals surface area contributed by atoms with Crippen molar-refractivity contribution in [1.29, 1.82) is 0 Å². The van der Waals surface area contributed by atoms with Gasteiger partial charge in [-0.05, 0) is 13.3 Å². The van der Waals surface area contributed by atoms with Crippen molar-refractivity contribution in [3.8, 4) is 0 Å². The second-order valence-electron chi connectivity index (χ2n) is 3.36. The van der Waals surface area contributed by atoms with Crippen molar-refractivity contribution in [3.05, 3.63) is 0 Å². The smallest absolute Gasteiger partial charge is 0.192 e. The summed E-state index contributed by atoms with van der Waals surface area (Å²) in [5.74, 6) is 0. The molecule has 1 heterocycles. The SMILES string of the molecule is CC1(CC(Cl)CC(Cl)(Cl)Cl)CO1. The molecular weight excluding hydrogens is 242 g/mol. The first kappa shape index (κ1) is 11.2. The van der Waals surface area contributed by atoms with Gasteiger partial charge in [0.15, 0.2) is 3.79 Å². The zero-order valence-electron chi connectivity index (χ0n) is 6.62. The molecule has 0 bridgehead atoms. The number of epoxide rings is 1. The Bertz CT molecular complexity index is 154. The van der Waals surface area contributed by atoms with Crippen LogP contribution in [0.25, 0.3) is 0 Å². The van der Waals surface area contributed by atoms with Crippen molar-refractivity contribution in [2.75, 3.05) is 6.61 Å². The first-order valence-corrected chi connectivity index (χ1v) is 5.23. The first-order valence-electron chi connectivity index (χ1n) is 3.66. The summed E-state index contributed by atoms with van der Waals surface area (Å²) in [4.78, 5) is 0. The third kappa shape index (κ3) is 4.38. The summed E-state index contributed by atoms with van der Waals surface area (Å²) in [6.45, 7) is 2.76. The molecule has 2 unspecified atom stereocenters. The predicted octanol–water partition coefficient (Wildman–Crippen LogP) is 3.53. The number of alkyl halides is 4. The first-order chi connectivity index (χ1) is 5.31. The lowest BCUT2D eigenvalue weighted by Crippen LogP contribution is -2.18. The van der Waals surface area contributed by atoms with Gasteiger partial charge < -0.3 is 4.74 Å². The average Bonchev–Trinajstić information content (AvgIpc) is 2.40. The highest BCUT2D eigenvalue weighted by Crippen LogP contribution is 2.39. The van der Waals surface area contributed by atoms with Gasteiger partial charge in [0.2, 0.25) is 0 Å². The molecule has 0 aromatic rings. The number of halogens is 4. The molecule has 1 saturated heterocycles. The molecule has 1 rings (SSSR count). The summed E-state index contributed by atoms with van der Waals surface area (Å²) in [6, 6.07) is 0. The van der Waals surface area contributed by atoms with Crippen molar-refractivity contribution in [2.24, 2.45) is 0 Å². The van der Waals surface area contributed by atoms with E-state index in [1.165, 1.54) is 0 Å². The highest BCUT2D eigenvalue weighted by molar-refractivity contribution is 6.67. The van der Waals surface area contributed by atoms with E-state index in [-0.39, 0.29) is 11.0 Å². The molecule has 0 spiro atoms. The van der Waals surface area contributed by atoms with Gasteiger partial charge in [0, 0.05) is 11.8 Å². The Labute approximate surface area is 92.2 Å². The van der Waals surface area contributed by atoms with Gasteiger partial charge in [-0.15, -0.1) is 11.6 Å². The lowest BCUT2D eigenvalue weighted by atomic mass is 10.1. The molecule has 0 amide bonds. The average molecular weight is 252 g/mol. The molecule has 0 aromatic heterocycles. The Kier molecular flexibility index (Phi) is 3.45. The second kappa shape index (κ2) is 3.70. The highest BCUT2D eigenvalue weighted by Gasteiger charge is 2.42. The fraction of sp³-hybridized carbons (Fsp3) is 1.00. The molecule has 72 valence electrons. The van der Waals surface area contributed by atoms with E-state index in [9.17, 15) is 0 Å². The van der Waals surface area contributed by atoms with Gasteiger partial charge >= 0.3 is 0 Å². The molecule has 1 aliphatic heterocycles. The number of ether oxygens (including phenoxy) is 1. The molecule has 12 heavy (non-hydrogen) atoms. The molecule has 0 aliphatic carbocycles. The molecule has 1 fully saturated rings. The standard InChI is InChI=1S/C7H10Cl4O/c1-6(4-12-6)2-5(8)3-7(9,10)11/h5H,2-4H2,1H3. The van der Waals surface area contributed by atoms with Gasteiger partial charge in [0.05, 0.1) is 12.2 Å². The zero-order chi connectivity index (χ0) is 9.41. The minimum Gasteiger partial charge on any atom is -0.370 e. The van der Waals surface area contributed by atoms with E-state index < -0.39 is 3.79 Å². The number of hydrogen-bond acceptors (Lipinski definition) is 1. The van der Waals surface area contributed by atoms with E-state index in [1.54, 1.807) is 0 Å². The molecule has 0 N–H and O–H groups in total. The summed E-state index contributed by atoms with van der Waals surface area (Å²) >= 11 is 22.7. The van der Waals surface area contributed by atoms with E-state index in [4.69, 9.17) is 51.1 Å².